The Bertz CT molecular complexity index is 529. The summed E-state index contributed by atoms with van der Waals surface area (Å²) in [6.07, 6.45) is 0.637. The van der Waals surface area contributed by atoms with Gasteiger partial charge in [-0.2, -0.15) is 0 Å². The summed E-state index contributed by atoms with van der Waals surface area (Å²) in [4.78, 5) is 11.9. The number of carbonyl (C=O) groups is 1. The normalized spacial score (nSPS) is 10.3. The van der Waals surface area contributed by atoms with Gasteiger partial charge in [-0.1, -0.05) is 17.7 Å². The fourth-order valence-corrected chi connectivity index (χ4v) is 1.61. The Morgan fingerprint density at radius 3 is 2.61 bits per heavy atom. The lowest BCUT2D eigenvalue weighted by molar-refractivity contribution is 0.0995. The van der Waals surface area contributed by atoms with Crippen LogP contribution in [0.3, 0.4) is 0 Å². The Kier molecular flexibility index (Phi) is 3.79. The van der Waals surface area contributed by atoms with Crippen molar-refractivity contribution in [2.75, 3.05) is 11.9 Å². The van der Waals surface area contributed by atoms with Crippen LogP contribution >= 0.6 is 0 Å². The Morgan fingerprint density at radius 2 is 1.94 bits per heavy atom. The molecule has 0 bridgehead atoms. The molecule has 94 valence electrons. The molecular formula is C14H16N2O2. The summed E-state index contributed by atoms with van der Waals surface area (Å²) in [5, 5.41) is 2.78. The highest BCUT2D eigenvalue weighted by Crippen LogP contribution is 2.13. The SMILES string of the molecule is Cc1ccc(NC(=O)c2ccc(CCN)o2)cc1. The maximum Gasteiger partial charge on any atom is 0.291 e. The first kappa shape index (κ1) is 12.4. The quantitative estimate of drug-likeness (QED) is 0.867. The molecule has 0 radical (unpaired) electrons. The van der Waals surface area contributed by atoms with Crippen LogP contribution in [0.25, 0.3) is 0 Å². The van der Waals surface area contributed by atoms with Crippen LogP contribution in [-0.4, -0.2) is 12.5 Å². The van der Waals surface area contributed by atoms with E-state index in [1.807, 2.05) is 31.2 Å². The largest absolute Gasteiger partial charge is 0.456 e. The van der Waals surface area contributed by atoms with Crippen LogP contribution in [0, 0.1) is 6.92 Å². The smallest absolute Gasteiger partial charge is 0.291 e. The molecule has 0 aliphatic rings. The van der Waals surface area contributed by atoms with E-state index < -0.39 is 0 Å². The van der Waals surface area contributed by atoms with Crippen molar-refractivity contribution in [3.05, 3.63) is 53.5 Å². The number of hydrogen-bond donors (Lipinski definition) is 2. The Balaban J connectivity index is 2.04. The molecule has 1 aromatic heterocycles. The second kappa shape index (κ2) is 5.51. The first-order valence-electron chi connectivity index (χ1n) is 5.86. The molecule has 0 aliphatic carbocycles. The van der Waals surface area contributed by atoms with Gasteiger partial charge in [-0.3, -0.25) is 4.79 Å². The van der Waals surface area contributed by atoms with Crippen molar-refractivity contribution in [1.82, 2.24) is 0 Å². The van der Waals surface area contributed by atoms with Crippen LogP contribution in [0.4, 0.5) is 5.69 Å². The van der Waals surface area contributed by atoms with E-state index in [0.717, 1.165) is 17.0 Å². The lowest BCUT2D eigenvalue weighted by Crippen LogP contribution is -2.10. The Morgan fingerprint density at radius 1 is 1.22 bits per heavy atom. The van der Waals surface area contributed by atoms with Crippen molar-refractivity contribution in [1.29, 1.82) is 0 Å². The van der Waals surface area contributed by atoms with Gasteiger partial charge >= 0.3 is 0 Å². The van der Waals surface area contributed by atoms with Gasteiger partial charge in [-0.05, 0) is 37.7 Å². The van der Waals surface area contributed by atoms with E-state index in [2.05, 4.69) is 5.32 Å². The van der Waals surface area contributed by atoms with Crippen molar-refractivity contribution in [3.63, 3.8) is 0 Å². The van der Waals surface area contributed by atoms with E-state index in [1.54, 1.807) is 12.1 Å². The van der Waals surface area contributed by atoms with E-state index in [1.165, 1.54) is 0 Å². The second-order valence-corrected chi connectivity index (χ2v) is 4.12. The molecule has 1 heterocycles. The molecule has 0 saturated heterocycles. The third-order valence-corrected chi connectivity index (χ3v) is 2.59. The molecule has 2 rings (SSSR count). The predicted octanol–water partition coefficient (Wildman–Crippen LogP) is 2.34. The molecule has 0 unspecified atom stereocenters. The van der Waals surface area contributed by atoms with Gasteiger partial charge in [0.25, 0.3) is 5.91 Å². The molecule has 3 N–H and O–H groups in total. The summed E-state index contributed by atoms with van der Waals surface area (Å²) >= 11 is 0. The number of benzene rings is 1. The minimum absolute atomic E-state index is 0.248. The van der Waals surface area contributed by atoms with E-state index in [0.29, 0.717) is 18.7 Å². The first-order chi connectivity index (χ1) is 8.69. The Labute approximate surface area is 106 Å². The van der Waals surface area contributed by atoms with E-state index in [9.17, 15) is 4.79 Å². The molecule has 1 aromatic carbocycles. The second-order valence-electron chi connectivity index (χ2n) is 4.12. The summed E-state index contributed by atoms with van der Waals surface area (Å²) < 4.78 is 5.39. The van der Waals surface area contributed by atoms with Crippen LogP contribution in [0.2, 0.25) is 0 Å². The van der Waals surface area contributed by atoms with E-state index in [4.69, 9.17) is 10.2 Å². The topological polar surface area (TPSA) is 68.3 Å². The van der Waals surface area contributed by atoms with Crippen LogP contribution < -0.4 is 11.1 Å². The molecule has 4 heteroatoms. The summed E-state index contributed by atoms with van der Waals surface area (Å²) in [6, 6.07) is 11.0. The van der Waals surface area contributed by atoms with Crippen LogP contribution in [0.5, 0.6) is 0 Å². The molecule has 18 heavy (non-hydrogen) atoms. The number of hydrogen-bond acceptors (Lipinski definition) is 3. The average molecular weight is 244 g/mol. The third-order valence-electron chi connectivity index (χ3n) is 2.59. The van der Waals surface area contributed by atoms with Gasteiger partial charge in [0, 0.05) is 12.1 Å². The zero-order valence-electron chi connectivity index (χ0n) is 10.3. The number of nitrogens with two attached hydrogens (primary N) is 1. The number of aryl methyl sites for hydroxylation is 1. The zero-order valence-corrected chi connectivity index (χ0v) is 10.3. The van der Waals surface area contributed by atoms with Crippen LogP contribution in [0.15, 0.2) is 40.8 Å². The molecule has 0 aliphatic heterocycles. The molecule has 1 amide bonds. The average Bonchev–Trinajstić information content (AvgIpc) is 2.81. The summed E-state index contributed by atoms with van der Waals surface area (Å²) in [5.41, 5.74) is 7.32. The lowest BCUT2D eigenvalue weighted by atomic mass is 10.2. The van der Waals surface area contributed by atoms with Crippen molar-refractivity contribution in [3.8, 4) is 0 Å². The fraction of sp³-hybridized carbons (Fsp3) is 0.214. The standard InChI is InChI=1S/C14H16N2O2/c1-10-2-4-11(5-3-10)16-14(17)13-7-6-12(18-13)8-9-15/h2-7H,8-9,15H2,1H3,(H,16,17). The number of carbonyl (C=O) groups excluding carboxylic acids is 1. The highest BCUT2D eigenvalue weighted by molar-refractivity contribution is 6.02. The highest BCUT2D eigenvalue weighted by atomic mass is 16.3. The van der Waals surface area contributed by atoms with Crippen molar-refractivity contribution >= 4 is 11.6 Å². The van der Waals surface area contributed by atoms with Gasteiger partial charge in [0.15, 0.2) is 5.76 Å². The van der Waals surface area contributed by atoms with Gasteiger partial charge in [-0.15, -0.1) is 0 Å². The zero-order chi connectivity index (χ0) is 13.0. The maximum atomic E-state index is 11.9. The van der Waals surface area contributed by atoms with E-state index in [-0.39, 0.29) is 5.91 Å². The summed E-state index contributed by atoms with van der Waals surface area (Å²) in [7, 11) is 0. The molecular weight excluding hydrogens is 228 g/mol. The number of anilines is 1. The van der Waals surface area contributed by atoms with Gasteiger partial charge in [0.2, 0.25) is 0 Å². The molecule has 0 spiro atoms. The number of amides is 1. The lowest BCUT2D eigenvalue weighted by Gasteiger charge is -2.03. The minimum atomic E-state index is -0.248. The molecule has 2 aromatic rings. The summed E-state index contributed by atoms with van der Waals surface area (Å²) in [6.45, 7) is 2.50. The Hall–Kier alpha value is -2.07. The first-order valence-corrected chi connectivity index (χ1v) is 5.86. The van der Waals surface area contributed by atoms with Gasteiger partial charge in [0.05, 0.1) is 0 Å². The van der Waals surface area contributed by atoms with Crippen molar-refractivity contribution < 1.29 is 9.21 Å². The minimum Gasteiger partial charge on any atom is -0.456 e. The van der Waals surface area contributed by atoms with Crippen LogP contribution in [-0.2, 0) is 6.42 Å². The van der Waals surface area contributed by atoms with Crippen molar-refractivity contribution in [2.24, 2.45) is 5.73 Å². The highest BCUT2D eigenvalue weighted by Gasteiger charge is 2.10. The summed E-state index contributed by atoms with van der Waals surface area (Å²) in [5.74, 6) is 0.785. The number of nitrogens with one attached hydrogen (secondary N) is 1. The van der Waals surface area contributed by atoms with Crippen LogP contribution in [0.1, 0.15) is 21.9 Å². The predicted molar refractivity (Wildman–Crippen MR) is 70.6 cm³/mol. The van der Waals surface area contributed by atoms with Gasteiger partial charge in [0.1, 0.15) is 5.76 Å². The monoisotopic (exact) mass is 244 g/mol. The molecule has 0 saturated carbocycles. The van der Waals surface area contributed by atoms with E-state index >= 15 is 0 Å². The molecule has 0 fully saturated rings. The molecule has 4 nitrogen and oxygen atoms in total. The van der Waals surface area contributed by atoms with Gasteiger partial charge in [-0.25, -0.2) is 0 Å². The number of furan rings is 1. The maximum absolute atomic E-state index is 11.9. The van der Waals surface area contributed by atoms with Crippen molar-refractivity contribution in [2.45, 2.75) is 13.3 Å². The fourth-order valence-electron chi connectivity index (χ4n) is 1.61. The van der Waals surface area contributed by atoms with Gasteiger partial charge < -0.3 is 15.5 Å². The number of rotatable bonds is 4. The molecule has 0 atom stereocenters. The third kappa shape index (κ3) is 2.99.